The molecular weight excluding hydrogens is 547 g/mol. The minimum atomic E-state index is -4.18. The first-order valence-corrected chi connectivity index (χ1v) is 14.6. The Balaban J connectivity index is 1.44. The normalized spacial score (nSPS) is 11.9. The fourth-order valence-electron chi connectivity index (χ4n) is 4.18. The van der Waals surface area contributed by atoms with E-state index in [2.05, 4.69) is 22.5 Å². The number of amides is 2. The molecule has 0 saturated carbocycles. The molecule has 41 heavy (non-hydrogen) atoms. The second kappa shape index (κ2) is 13.3. The Morgan fingerprint density at radius 2 is 1.78 bits per heavy atom. The fourth-order valence-corrected chi connectivity index (χ4v) is 4.54. The molecule has 0 spiro atoms. The molecule has 0 fully saturated rings. The lowest BCUT2D eigenvalue weighted by molar-refractivity contribution is -0.119. The van der Waals surface area contributed by atoms with Crippen molar-refractivity contribution in [3.05, 3.63) is 89.7 Å². The lowest BCUT2D eigenvalue weighted by atomic mass is 9.94. The molecule has 1 heterocycles. The molecule has 0 radical (unpaired) electrons. The molecule has 8 nitrogen and oxygen atoms in total. The number of benzene rings is 3. The molecular formula is C31H29FN2O6S. The zero-order valence-corrected chi connectivity index (χ0v) is 23.1. The number of anilines is 1. The summed E-state index contributed by atoms with van der Waals surface area (Å²) in [6, 6.07) is 20.3. The van der Waals surface area contributed by atoms with Crippen LogP contribution in [0.2, 0.25) is 0 Å². The van der Waals surface area contributed by atoms with Crippen molar-refractivity contribution in [1.29, 1.82) is 0 Å². The Kier molecular flexibility index (Phi) is 9.55. The maximum absolute atomic E-state index is 15.1. The molecule has 1 aromatic heterocycles. The van der Waals surface area contributed by atoms with Crippen molar-refractivity contribution < 1.29 is 31.4 Å². The maximum Gasteiger partial charge on any atom is 0.266 e. The van der Waals surface area contributed by atoms with Crippen LogP contribution in [0.4, 0.5) is 10.1 Å². The second-order valence-electron chi connectivity index (χ2n) is 9.38. The largest absolute Gasteiger partial charge is 0.456 e. The topological polar surface area (TPSA) is 126 Å². The van der Waals surface area contributed by atoms with Crippen molar-refractivity contribution in [3.63, 3.8) is 0 Å². The number of halogens is 1. The third-order valence-corrected chi connectivity index (χ3v) is 7.02. The molecule has 4 aromatic rings. The summed E-state index contributed by atoms with van der Waals surface area (Å²) < 4.78 is 51.3. The maximum atomic E-state index is 15.1. The van der Waals surface area contributed by atoms with Crippen LogP contribution in [0.5, 0.6) is 0 Å². The number of furan rings is 1. The molecule has 1 unspecified atom stereocenters. The summed E-state index contributed by atoms with van der Waals surface area (Å²) in [4.78, 5) is 25.4. The van der Waals surface area contributed by atoms with Crippen molar-refractivity contribution >= 4 is 38.6 Å². The van der Waals surface area contributed by atoms with Gasteiger partial charge in [0.2, 0.25) is 5.91 Å². The van der Waals surface area contributed by atoms with Gasteiger partial charge in [-0.1, -0.05) is 37.3 Å². The van der Waals surface area contributed by atoms with Crippen LogP contribution in [-0.2, 0) is 21.3 Å². The van der Waals surface area contributed by atoms with Crippen LogP contribution in [0.15, 0.2) is 77.2 Å². The summed E-state index contributed by atoms with van der Waals surface area (Å²) in [5, 5.41) is 6.01. The standard InChI is InChI=1S/C31H29FN2O6S/c1-2-3-4-8-25(18-21-10-12-22(13-11-21)30(35)33-16-17-41(37,38)39)31(36)34-27-15-14-24(19-26(27)32)29-20-23-7-5-6-9-28(23)40-29/h5-7,9-15,19-20,25H,2,8,16-18H2,1H3,(H,33,35)(H,34,36)(H,37,38,39). The van der Waals surface area contributed by atoms with Crippen LogP contribution in [0.3, 0.4) is 0 Å². The molecule has 1 atom stereocenters. The molecule has 4 rings (SSSR count). The number of nitrogens with one attached hydrogen (secondary N) is 2. The van der Waals surface area contributed by atoms with E-state index in [9.17, 15) is 18.0 Å². The minimum Gasteiger partial charge on any atom is -0.456 e. The molecule has 0 bridgehead atoms. The molecule has 0 aliphatic heterocycles. The van der Waals surface area contributed by atoms with Gasteiger partial charge in [-0.15, -0.1) is 11.8 Å². The smallest absolute Gasteiger partial charge is 0.266 e. The average Bonchev–Trinajstić information content (AvgIpc) is 3.38. The Morgan fingerprint density at radius 1 is 1.02 bits per heavy atom. The van der Waals surface area contributed by atoms with Crippen molar-refractivity contribution in [1.82, 2.24) is 5.32 Å². The molecule has 2 amide bonds. The van der Waals surface area contributed by atoms with Crippen molar-refractivity contribution in [2.45, 2.75) is 26.2 Å². The Hall–Kier alpha value is -4.46. The van der Waals surface area contributed by atoms with Gasteiger partial charge in [0.05, 0.1) is 17.4 Å². The summed E-state index contributed by atoms with van der Waals surface area (Å²) >= 11 is 0. The zero-order chi connectivity index (χ0) is 29.4. The summed E-state index contributed by atoms with van der Waals surface area (Å²) in [7, 11) is -4.18. The quantitative estimate of drug-likeness (QED) is 0.170. The van der Waals surface area contributed by atoms with Gasteiger partial charge in [0.25, 0.3) is 16.0 Å². The van der Waals surface area contributed by atoms with Crippen molar-refractivity contribution in [3.8, 4) is 23.2 Å². The Morgan fingerprint density at radius 3 is 2.46 bits per heavy atom. The SMILES string of the molecule is CCC#CCC(Cc1ccc(C(=O)NCCS(=O)(=O)O)cc1)C(=O)Nc1ccc(-c2cc3ccccc3o2)cc1F. The molecule has 10 heteroatoms. The average molecular weight is 577 g/mol. The van der Waals surface area contributed by atoms with Crippen LogP contribution >= 0.6 is 0 Å². The van der Waals surface area contributed by atoms with Gasteiger partial charge in [0, 0.05) is 35.9 Å². The summed E-state index contributed by atoms with van der Waals surface area (Å²) in [5.41, 5.74) is 2.34. The van der Waals surface area contributed by atoms with Gasteiger partial charge in [0.15, 0.2) is 0 Å². The predicted octanol–water partition coefficient (Wildman–Crippen LogP) is 5.46. The monoisotopic (exact) mass is 576 g/mol. The number of carbonyl (C=O) groups excluding carboxylic acids is 2. The van der Waals surface area contributed by atoms with Crippen LogP contribution in [0, 0.1) is 23.6 Å². The van der Waals surface area contributed by atoms with E-state index in [-0.39, 0.29) is 18.7 Å². The number of fused-ring (bicyclic) bond motifs is 1. The number of para-hydroxylation sites is 1. The zero-order valence-electron chi connectivity index (χ0n) is 22.3. The number of rotatable bonds is 10. The van der Waals surface area contributed by atoms with E-state index >= 15 is 4.39 Å². The third kappa shape index (κ3) is 8.27. The first-order chi connectivity index (χ1) is 19.6. The molecule has 212 valence electrons. The lowest BCUT2D eigenvalue weighted by Crippen LogP contribution is -2.29. The van der Waals surface area contributed by atoms with E-state index < -0.39 is 39.4 Å². The highest BCUT2D eigenvalue weighted by Gasteiger charge is 2.21. The van der Waals surface area contributed by atoms with E-state index in [0.717, 1.165) is 10.9 Å². The fraction of sp³-hybridized carbons (Fsp3) is 0.226. The van der Waals surface area contributed by atoms with Gasteiger partial charge in [-0.3, -0.25) is 14.1 Å². The second-order valence-corrected chi connectivity index (χ2v) is 11.0. The first-order valence-electron chi connectivity index (χ1n) is 13.0. The van der Waals surface area contributed by atoms with E-state index in [4.69, 9.17) is 8.97 Å². The van der Waals surface area contributed by atoms with Gasteiger partial charge in [-0.25, -0.2) is 4.39 Å². The van der Waals surface area contributed by atoms with Crippen molar-refractivity contribution in [2.75, 3.05) is 17.6 Å². The van der Waals surface area contributed by atoms with Gasteiger partial charge in [-0.05, 0) is 54.4 Å². The molecule has 3 aromatic carbocycles. The number of hydrogen-bond acceptors (Lipinski definition) is 5. The number of carbonyl (C=O) groups is 2. The molecule has 0 aliphatic carbocycles. The van der Waals surface area contributed by atoms with Gasteiger partial charge in [-0.2, -0.15) is 8.42 Å². The predicted molar refractivity (Wildman–Crippen MR) is 155 cm³/mol. The minimum absolute atomic E-state index is 0.0419. The van der Waals surface area contributed by atoms with E-state index in [0.29, 0.717) is 35.3 Å². The van der Waals surface area contributed by atoms with E-state index in [1.807, 2.05) is 37.3 Å². The van der Waals surface area contributed by atoms with Crippen LogP contribution in [0.25, 0.3) is 22.3 Å². The molecule has 0 aliphatic rings. The lowest BCUT2D eigenvalue weighted by Gasteiger charge is -2.16. The molecule has 0 saturated heterocycles. The highest BCUT2D eigenvalue weighted by atomic mass is 32.2. The van der Waals surface area contributed by atoms with Crippen LogP contribution in [0.1, 0.15) is 35.7 Å². The third-order valence-electron chi connectivity index (χ3n) is 6.30. The summed E-state index contributed by atoms with van der Waals surface area (Å²) in [6.45, 7) is 1.67. The number of hydrogen-bond donors (Lipinski definition) is 3. The van der Waals surface area contributed by atoms with Gasteiger partial charge in [0.1, 0.15) is 17.2 Å². The summed E-state index contributed by atoms with van der Waals surface area (Å²) in [5.74, 6) is 3.81. The van der Waals surface area contributed by atoms with Crippen molar-refractivity contribution in [2.24, 2.45) is 5.92 Å². The van der Waals surface area contributed by atoms with Crippen LogP contribution in [-0.4, -0.2) is 37.1 Å². The Bertz CT molecular complexity index is 1690. The Labute approximate surface area is 237 Å². The van der Waals surface area contributed by atoms with Gasteiger partial charge < -0.3 is 15.1 Å². The van der Waals surface area contributed by atoms with E-state index in [1.54, 1.807) is 30.3 Å². The summed E-state index contributed by atoms with van der Waals surface area (Å²) in [6.07, 6.45) is 1.19. The molecule has 3 N–H and O–H groups in total. The van der Waals surface area contributed by atoms with Gasteiger partial charge >= 0.3 is 0 Å². The van der Waals surface area contributed by atoms with Crippen LogP contribution < -0.4 is 10.6 Å². The highest BCUT2D eigenvalue weighted by Crippen LogP contribution is 2.30. The van der Waals surface area contributed by atoms with E-state index in [1.165, 1.54) is 12.1 Å². The highest BCUT2D eigenvalue weighted by molar-refractivity contribution is 7.85. The first kappa shape index (κ1) is 29.5.